The zero-order valence-corrected chi connectivity index (χ0v) is 35.1. The maximum atomic E-state index is 11.8. The van der Waals surface area contributed by atoms with E-state index in [1.807, 2.05) is 24.3 Å². The summed E-state index contributed by atoms with van der Waals surface area (Å²) in [5, 5.41) is 16.5. The third-order valence-corrected chi connectivity index (χ3v) is 21.4. The Balaban J connectivity index is 1.39. The highest BCUT2D eigenvalue weighted by Crippen LogP contribution is 2.42. The molecule has 0 spiro atoms. The van der Waals surface area contributed by atoms with Crippen LogP contribution in [0.1, 0.15) is 54.4 Å². The lowest BCUT2D eigenvalue weighted by molar-refractivity contribution is -0.0529. The minimum atomic E-state index is -2.83. The number of rotatable bonds is 13. The number of aliphatic hydroxyl groups is 1. The smallest absolute Gasteiger partial charge is 0.261 e. The summed E-state index contributed by atoms with van der Waals surface area (Å²) >= 11 is 0. The molecule has 0 amide bonds. The zero-order chi connectivity index (χ0) is 38.4. The zero-order valence-electron chi connectivity index (χ0n) is 33.1. The van der Waals surface area contributed by atoms with Crippen LogP contribution in [0.5, 0.6) is 11.5 Å². The molecule has 4 atom stereocenters. The molecule has 5 aromatic carbocycles. The summed E-state index contributed by atoms with van der Waals surface area (Å²) in [4.78, 5) is 0. The van der Waals surface area contributed by atoms with Crippen molar-refractivity contribution in [3.05, 3.63) is 146 Å². The second-order valence-corrected chi connectivity index (χ2v) is 25.5. The van der Waals surface area contributed by atoms with Crippen LogP contribution in [0, 0.1) is 11.8 Å². The molecule has 0 saturated heterocycles. The van der Waals surface area contributed by atoms with Crippen LogP contribution < -0.4 is 30.2 Å². The number of hydrogen-bond acceptors (Lipinski definition) is 5. The molecule has 1 aliphatic rings. The highest BCUT2D eigenvalue weighted by Gasteiger charge is 2.53. The van der Waals surface area contributed by atoms with Gasteiger partial charge in [-0.2, -0.15) is 0 Å². The first-order chi connectivity index (χ1) is 25.9. The summed E-state index contributed by atoms with van der Waals surface area (Å²) in [5.41, 5.74) is 0. The van der Waals surface area contributed by atoms with Crippen LogP contribution in [-0.4, -0.2) is 54.3 Å². The molecule has 0 heterocycles. The van der Waals surface area contributed by atoms with Crippen molar-refractivity contribution in [2.24, 2.45) is 11.8 Å². The van der Waals surface area contributed by atoms with Gasteiger partial charge in [0.25, 0.3) is 16.6 Å². The van der Waals surface area contributed by atoms with Gasteiger partial charge in [0.15, 0.2) is 0 Å². The van der Waals surface area contributed by atoms with Crippen LogP contribution in [0.4, 0.5) is 0 Å². The molecule has 0 radical (unpaired) electrons. The fourth-order valence-electron chi connectivity index (χ4n) is 8.65. The highest BCUT2D eigenvalue weighted by atomic mass is 28.4. The highest BCUT2D eigenvalue weighted by molar-refractivity contribution is 7.00. The van der Waals surface area contributed by atoms with Gasteiger partial charge in [0.1, 0.15) is 17.6 Å². The van der Waals surface area contributed by atoms with Crippen molar-refractivity contribution < 1.29 is 23.4 Å². The van der Waals surface area contributed by atoms with Crippen molar-refractivity contribution in [2.45, 2.75) is 76.7 Å². The molecule has 284 valence electrons. The topological polar surface area (TPSA) is 57.2 Å². The van der Waals surface area contributed by atoms with Crippen molar-refractivity contribution in [1.82, 2.24) is 0 Å². The SMILES string of the molecule is COc1ccc(O[C@@H]2C[C@@H](CO[Si](c3ccccc3)(c3ccccc3)C(C)(C)C)[C@@H](CO[Si](c3ccccc3)(c3ccccc3)C(C)(C)C)C[C@H]2O)cc1. The van der Waals surface area contributed by atoms with Gasteiger partial charge in [-0.15, -0.1) is 0 Å². The molecule has 1 aliphatic carbocycles. The molecule has 5 nitrogen and oxygen atoms in total. The molecule has 6 rings (SSSR count). The van der Waals surface area contributed by atoms with Crippen LogP contribution in [0.3, 0.4) is 0 Å². The molecular weight excluding hydrogens is 701 g/mol. The first-order valence-electron chi connectivity index (χ1n) is 19.4. The first kappa shape index (κ1) is 39.7. The van der Waals surface area contributed by atoms with Gasteiger partial charge in [-0.1, -0.05) is 163 Å². The minimum absolute atomic E-state index is 0.0376. The first-order valence-corrected chi connectivity index (χ1v) is 23.2. The maximum Gasteiger partial charge on any atom is 0.261 e. The van der Waals surface area contributed by atoms with Gasteiger partial charge in [0.05, 0.1) is 13.2 Å². The fourth-order valence-corrected chi connectivity index (χ4v) is 17.9. The van der Waals surface area contributed by atoms with E-state index in [0.717, 1.165) is 5.75 Å². The quantitative estimate of drug-likeness (QED) is 0.124. The number of ether oxygens (including phenoxy) is 2. The Morgan fingerprint density at radius 3 is 1.17 bits per heavy atom. The summed E-state index contributed by atoms with van der Waals surface area (Å²) < 4.78 is 27.1. The van der Waals surface area contributed by atoms with E-state index in [1.165, 1.54) is 20.7 Å². The normalized spacial score (nSPS) is 19.6. The summed E-state index contributed by atoms with van der Waals surface area (Å²) in [6.07, 6.45) is 0.132. The van der Waals surface area contributed by atoms with Crippen LogP contribution >= 0.6 is 0 Å². The summed E-state index contributed by atoms with van der Waals surface area (Å²) in [6, 6.07) is 50.9. The summed E-state index contributed by atoms with van der Waals surface area (Å²) in [7, 11) is -4.00. The van der Waals surface area contributed by atoms with Crippen LogP contribution in [0.15, 0.2) is 146 Å². The van der Waals surface area contributed by atoms with E-state index >= 15 is 0 Å². The largest absolute Gasteiger partial charge is 0.497 e. The Labute approximate surface area is 325 Å². The van der Waals surface area contributed by atoms with Crippen LogP contribution in [0.2, 0.25) is 10.1 Å². The Morgan fingerprint density at radius 1 is 0.500 bits per heavy atom. The average Bonchev–Trinajstić information content (AvgIpc) is 3.17. The standard InChI is InChI=1S/C47H58O5Si2/c1-46(2,3)53(40-20-12-8-13-21-40,41-22-14-9-15-23-41)50-34-36-32-44(48)45(52-39-30-28-38(49-7)29-31-39)33-37(36)35-51-54(47(4,5)6,42-24-16-10-17-25-42)43-26-18-11-19-27-43/h8-31,36-37,44-45,48H,32-35H2,1-7H3/t36-,37+,44-,45-/m1/s1. The Bertz CT molecular complexity index is 1800. The van der Waals surface area contributed by atoms with Gasteiger partial charge in [0, 0.05) is 13.2 Å². The van der Waals surface area contributed by atoms with Crippen LogP contribution in [-0.2, 0) is 8.85 Å². The lowest BCUT2D eigenvalue weighted by atomic mass is 9.77. The third kappa shape index (κ3) is 8.16. The Hall–Kier alpha value is -3.99. The van der Waals surface area contributed by atoms with E-state index < -0.39 is 28.8 Å². The second-order valence-electron chi connectivity index (χ2n) is 16.8. The van der Waals surface area contributed by atoms with Crippen molar-refractivity contribution in [2.75, 3.05) is 20.3 Å². The van der Waals surface area contributed by atoms with E-state index in [4.69, 9.17) is 18.3 Å². The number of benzene rings is 5. The van der Waals surface area contributed by atoms with Crippen molar-refractivity contribution >= 4 is 37.4 Å². The average molecular weight is 759 g/mol. The molecule has 5 aromatic rings. The van der Waals surface area contributed by atoms with Gasteiger partial charge in [-0.25, -0.2) is 0 Å². The van der Waals surface area contributed by atoms with Gasteiger partial charge >= 0.3 is 0 Å². The third-order valence-electron chi connectivity index (χ3n) is 11.4. The Kier molecular flexibility index (Phi) is 12.3. The van der Waals surface area contributed by atoms with Gasteiger partial charge in [-0.3, -0.25) is 0 Å². The molecule has 1 saturated carbocycles. The molecule has 0 unspecified atom stereocenters. The number of methoxy groups -OCH3 is 1. The number of aliphatic hydroxyl groups excluding tert-OH is 1. The van der Waals surface area contributed by atoms with Gasteiger partial charge in [0.2, 0.25) is 0 Å². The summed E-state index contributed by atoms with van der Waals surface area (Å²) in [5.74, 6) is 1.59. The van der Waals surface area contributed by atoms with E-state index in [-0.39, 0.29) is 21.9 Å². The molecule has 1 fully saturated rings. The minimum Gasteiger partial charge on any atom is -0.497 e. The van der Waals surface area contributed by atoms with Gasteiger partial charge in [-0.05, 0) is 79.8 Å². The van der Waals surface area contributed by atoms with E-state index in [1.54, 1.807) is 7.11 Å². The molecule has 0 aliphatic heterocycles. The maximum absolute atomic E-state index is 11.8. The van der Waals surface area contributed by atoms with Crippen molar-refractivity contribution in [3.8, 4) is 11.5 Å². The number of hydrogen-bond donors (Lipinski definition) is 1. The van der Waals surface area contributed by atoms with E-state index in [0.29, 0.717) is 31.8 Å². The molecule has 54 heavy (non-hydrogen) atoms. The Morgan fingerprint density at radius 2 is 0.833 bits per heavy atom. The van der Waals surface area contributed by atoms with Crippen molar-refractivity contribution in [3.63, 3.8) is 0 Å². The fraction of sp³-hybridized carbons (Fsp3) is 0.362. The molecular formula is C47H58O5Si2. The second kappa shape index (κ2) is 16.8. The molecule has 7 heteroatoms. The van der Waals surface area contributed by atoms with E-state index in [2.05, 4.69) is 163 Å². The lowest BCUT2D eigenvalue weighted by Crippen LogP contribution is -2.67. The van der Waals surface area contributed by atoms with Gasteiger partial charge < -0.3 is 23.4 Å². The lowest BCUT2D eigenvalue weighted by Gasteiger charge is -2.47. The molecule has 0 aromatic heterocycles. The predicted octanol–water partition coefficient (Wildman–Crippen LogP) is 7.98. The molecule has 1 N–H and O–H groups in total. The van der Waals surface area contributed by atoms with E-state index in [9.17, 15) is 5.11 Å². The molecule has 0 bridgehead atoms. The predicted molar refractivity (Wildman–Crippen MR) is 227 cm³/mol. The van der Waals surface area contributed by atoms with Crippen LogP contribution in [0.25, 0.3) is 0 Å². The summed E-state index contributed by atoms with van der Waals surface area (Å²) in [6.45, 7) is 15.0. The van der Waals surface area contributed by atoms with Crippen molar-refractivity contribution in [1.29, 1.82) is 0 Å². The monoisotopic (exact) mass is 758 g/mol.